The van der Waals surface area contributed by atoms with Crippen molar-refractivity contribution in [1.29, 1.82) is 0 Å². The van der Waals surface area contributed by atoms with Crippen LogP contribution >= 0.6 is 11.8 Å². The van der Waals surface area contributed by atoms with Crippen molar-refractivity contribution in [3.8, 4) is 17.1 Å². The summed E-state index contributed by atoms with van der Waals surface area (Å²) in [6.45, 7) is 2.87. The van der Waals surface area contributed by atoms with Gasteiger partial charge in [0.1, 0.15) is 5.75 Å². The molecule has 2 aromatic heterocycles. The maximum Gasteiger partial charge on any atom is 0.234 e. The van der Waals surface area contributed by atoms with Gasteiger partial charge in [-0.15, -0.1) is 10.2 Å². The summed E-state index contributed by atoms with van der Waals surface area (Å²) in [7, 11) is 1.59. The van der Waals surface area contributed by atoms with Crippen LogP contribution in [0.4, 0.5) is 5.69 Å². The fraction of sp³-hybridized carbons (Fsp3) is 0.263. The molecule has 0 aliphatic carbocycles. The molecule has 0 aliphatic rings. The maximum atomic E-state index is 12.3. The Labute approximate surface area is 162 Å². The van der Waals surface area contributed by atoms with E-state index in [0.717, 1.165) is 29.5 Å². The molecule has 0 unspecified atom stereocenters. The van der Waals surface area contributed by atoms with Crippen LogP contribution < -0.4 is 10.1 Å². The third kappa shape index (κ3) is 4.85. The number of anilines is 1. The first-order chi connectivity index (χ1) is 13.2. The molecule has 0 saturated heterocycles. The summed E-state index contributed by atoms with van der Waals surface area (Å²) in [5.74, 6) is 1.60. The Bertz CT molecular complexity index is 898. The number of carbonyl (C=O) groups excluding carboxylic acids is 1. The number of rotatable bonds is 8. The molecule has 0 saturated carbocycles. The summed E-state index contributed by atoms with van der Waals surface area (Å²) in [4.78, 5) is 16.4. The molecule has 0 aliphatic heterocycles. The lowest BCUT2D eigenvalue weighted by Crippen LogP contribution is -2.14. The van der Waals surface area contributed by atoms with Gasteiger partial charge >= 0.3 is 0 Å². The van der Waals surface area contributed by atoms with Gasteiger partial charge in [-0.25, -0.2) is 0 Å². The maximum absolute atomic E-state index is 12.3. The number of hydrogen-bond acceptors (Lipinski definition) is 6. The number of carbonyl (C=O) groups is 1. The Morgan fingerprint density at radius 3 is 2.89 bits per heavy atom. The molecule has 2 heterocycles. The molecule has 7 nitrogen and oxygen atoms in total. The van der Waals surface area contributed by atoms with Crippen LogP contribution in [0.15, 0.2) is 53.9 Å². The number of nitrogens with zero attached hydrogens (tertiary/aromatic N) is 4. The highest BCUT2D eigenvalue weighted by molar-refractivity contribution is 7.99. The topological polar surface area (TPSA) is 81.9 Å². The molecule has 1 aromatic carbocycles. The van der Waals surface area contributed by atoms with E-state index in [1.165, 1.54) is 11.8 Å². The van der Waals surface area contributed by atoms with E-state index in [-0.39, 0.29) is 11.7 Å². The van der Waals surface area contributed by atoms with Crippen molar-refractivity contribution in [1.82, 2.24) is 19.7 Å². The number of amides is 1. The summed E-state index contributed by atoms with van der Waals surface area (Å²) < 4.78 is 7.20. The minimum atomic E-state index is -0.109. The Hall–Kier alpha value is -2.87. The second kappa shape index (κ2) is 9.18. The number of thioether (sulfide) groups is 1. The predicted octanol–water partition coefficient (Wildman–Crippen LogP) is 3.49. The van der Waals surface area contributed by atoms with Crippen molar-refractivity contribution in [2.45, 2.75) is 25.0 Å². The zero-order valence-electron chi connectivity index (χ0n) is 15.3. The number of pyridine rings is 1. The summed E-state index contributed by atoms with van der Waals surface area (Å²) in [6.07, 6.45) is 4.43. The van der Waals surface area contributed by atoms with Crippen molar-refractivity contribution in [3.05, 3.63) is 48.8 Å². The van der Waals surface area contributed by atoms with Gasteiger partial charge in [-0.3, -0.25) is 9.78 Å². The van der Waals surface area contributed by atoms with Gasteiger partial charge in [0.15, 0.2) is 11.0 Å². The van der Waals surface area contributed by atoms with Gasteiger partial charge in [-0.05, 0) is 30.7 Å². The Morgan fingerprint density at radius 2 is 2.15 bits per heavy atom. The van der Waals surface area contributed by atoms with Gasteiger partial charge in [0.05, 0.1) is 12.9 Å². The average Bonchev–Trinajstić information content (AvgIpc) is 3.10. The zero-order valence-corrected chi connectivity index (χ0v) is 16.1. The van der Waals surface area contributed by atoms with E-state index in [1.807, 2.05) is 34.9 Å². The van der Waals surface area contributed by atoms with Gasteiger partial charge in [-0.2, -0.15) is 0 Å². The first-order valence-electron chi connectivity index (χ1n) is 8.61. The molecule has 1 amide bonds. The van der Waals surface area contributed by atoms with Crippen LogP contribution in [0.5, 0.6) is 5.75 Å². The van der Waals surface area contributed by atoms with Crippen LogP contribution in [-0.2, 0) is 11.3 Å². The highest BCUT2D eigenvalue weighted by atomic mass is 32.2. The van der Waals surface area contributed by atoms with E-state index in [2.05, 4.69) is 27.4 Å². The Balaban J connectivity index is 1.68. The monoisotopic (exact) mass is 383 g/mol. The first-order valence-corrected chi connectivity index (χ1v) is 9.60. The van der Waals surface area contributed by atoms with Crippen LogP contribution in [0.2, 0.25) is 0 Å². The first kappa shape index (κ1) is 18.9. The quantitative estimate of drug-likeness (QED) is 0.600. The van der Waals surface area contributed by atoms with E-state index < -0.39 is 0 Å². The van der Waals surface area contributed by atoms with Crippen molar-refractivity contribution in [3.63, 3.8) is 0 Å². The summed E-state index contributed by atoms with van der Waals surface area (Å²) >= 11 is 1.37. The van der Waals surface area contributed by atoms with E-state index >= 15 is 0 Å². The van der Waals surface area contributed by atoms with Crippen LogP contribution in [-0.4, -0.2) is 38.5 Å². The second-order valence-corrected chi connectivity index (χ2v) is 6.71. The predicted molar refractivity (Wildman–Crippen MR) is 106 cm³/mol. The number of benzene rings is 1. The number of nitrogens with one attached hydrogen (secondary N) is 1. The fourth-order valence-electron chi connectivity index (χ4n) is 2.56. The van der Waals surface area contributed by atoms with Gasteiger partial charge < -0.3 is 14.6 Å². The minimum Gasteiger partial charge on any atom is -0.497 e. The number of aromatic nitrogens is 4. The number of hydrogen-bond donors (Lipinski definition) is 1. The molecule has 1 N–H and O–H groups in total. The molecule has 0 atom stereocenters. The molecule has 3 rings (SSSR count). The molecular weight excluding hydrogens is 362 g/mol. The molecular formula is C19H21N5O2S. The van der Waals surface area contributed by atoms with Crippen molar-refractivity contribution >= 4 is 23.4 Å². The van der Waals surface area contributed by atoms with Crippen LogP contribution in [0.1, 0.15) is 13.3 Å². The Morgan fingerprint density at radius 1 is 1.26 bits per heavy atom. The number of methoxy groups -OCH3 is 1. The van der Waals surface area contributed by atoms with Crippen molar-refractivity contribution in [2.24, 2.45) is 0 Å². The standard InChI is InChI=1S/C19H21N5O2S/c1-3-10-24-18(14-6-5-9-20-12-14)22-23-19(24)27-13-17(25)21-15-7-4-8-16(11-15)26-2/h4-9,11-12H,3,10,13H2,1-2H3,(H,21,25). The molecule has 0 bridgehead atoms. The van der Waals surface area contributed by atoms with Gasteiger partial charge in [0.25, 0.3) is 0 Å². The summed E-state index contributed by atoms with van der Waals surface area (Å²) in [5, 5.41) is 12.1. The fourth-order valence-corrected chi connectivity index (χ4v) is 3.32. The zero-order chi connectivity index (χ0) is 19.1. The molecule has 0 fully saturated rings. The summed E-state index contributed by atoms with van der Waals surface area (Å²) in [5.41, 5.74) is 1.61. The summed E-state index contributed by atoms with van der Waals surface area (Å²) in [6, 6.07) is 11.1. The third-order valence-corrected chi connectivity index (χ3v) is 4.74. The molecule has 0 radical (unpaired) electrons. The lowest BCUT2D eigenvalue weighted by molar-refractivity contribution is -0.113. The minimum absolute atomic E-state index is 0.109. The van der Waals surface area contributed by atoms with Gasteiger partial charge in [-0.1, -0.05) is 24.8 Å². The van der Waals surface area contributed by atoms with E-state index in [1.54, 1.807) is 25.6 Å². The lowest BCUT2D eigenvalue weighted by atomic mass is 10.2. The smallest absolute Gasteiger partial charge is 0.234 e. The van der Waals surface area contributed by atoms with Crippen LogP contribution in [0.3, 0.4) is 0 Å². The van der Waals surface area contributed by atoms with Crippen molar-refractivity contribution in [2.75, 3.05) is 18.2 Å². The third-order valence-electron chi connectivity index (χ3n) is 3.77. The van der Waals surface area contributed by atoms with Crippen LogP contribution in [0.25, 0.3) is 11.4 Å². The van der Waals surface area contributed by atoms with Crippen molar-refractivity contribution < 1.29 is 9.53 Å². The van der Waals surface area contributed by atoms with Crippen LogP contribution in [0, 0.1) is 0 Å². The molecule has 140 valence electrons. The molecule has 8 heteroatoms. The second-order valence-electron chi connectivity index (χ2n) is 5.77. The lowest BCUT2D eigenvalue weighted by Gasteiger charge is -2.09. The molecule has 27 heavy (non-hydrogen) atoms. The highest BCUT2D eigenvalue weighted by Gasteiger charge is 2.15. The van der Waals surface area contributed by atoms with Gasteiger partial charge in [0, 0.05) is 36.3 Å². The SMILES string of the molecule is CCCn1c(SCC(=O)Nc2cccc(OC)c2)nnc1-c1cccnc1. The molecule has 0 spiro atoms. The number of ether oxygens (including phenoxy) is 1. The normalized spacial score (nSPS) is 10.6. The largest absolute Gasteiger partial charge is 0.497 e. The van der Waals surface area contributed by atoms with Gasteiger partial charge in [0.2, 0.25) is 5.91 Å². The van der Waals surface area contributed by atoms with E-state index in [4.69, 9.17) is 4.74 Å². The highest BCUT2D eigenvalue weighted by Crippen LogP contribution is 2.24. The van der Waals surface area contributed by atoms with E-state index in [9.17, 15) is 4.79 Å². The average molecular weight is 383 g/mol. The van der Waals surface area contributed by atoms with E-state index in [0.29, 0.717) is 11.4 Å². The Kier molecular flexibility index (Phi) is 6.43. The molecule has 3 aromatic rings.